The van der Waals surface area contributed by atoms with Crippen molar-refractivity contribution < 1.29 is 9.72 Å². The highest BCUT2D eigenvalue weighted by atomic mass is 16.6. The van der Waals surface area contributed by atoms with E-state index in [-0.39, 0.29) is 29.6 Å². The van der Waals surface area contributed by atoms with Crippen molar-refractivity contribution in [1.29, 1.82) is 0 Å². The van der Waals surface area contributed by atoms with Gasteiger partial charge in [-0.1, -0.05) is 19.9 Å². The van der Waals surface area contributed by atoms with Crippen molar-refractivity contribution in [2.24, 2.45) is 17.6 Å². The largest absolute Gasteiger partial charge is 0.359 e. The van der Waals surface area contributed by atoms with E-state index in [4.69, 9.17) is 5.73 Å². The lowest BCUT2D eigenvalue weighted by Gasteiger charge is -2.24. The van der Waals surface area contributed by atoms with Crippen LogP contribution in [0.4, 0.5) is 5.69 Å². The number of amides is 1. The Hall–Kier alpha value is -1.99. The molecule has 126 valence electrons. The zero-order chi connectivity index (χ0) is 17.1. The molecule has 3 atom stereocenters. The summed E-state index contributed by atoms with van der Waals surface area (Å²) >= 11 is 0. The Bertz CT molecular complexity index is 603. The second-order valence-corrected chi connectivity index (χ2v) is 6.36. The molecule has 0 fully saturated rings. The van der Waals surface area contributed by atoms with Gasteiger partial charge in [0.15, 0.2) is 0 Å². The molecule has 0 aliphatic heterocycles. The number of nitrogens with two attached hydrogens (primary N) is 1. The minimum absolute atomic E-state index is 0.0116. The normalized spacial score (nSPS) is 21.1. The number of carbonyl (C=O) groups excluding carboxylic acids is 1. The van der Waals surface area contributed by atoms with Crippen molar-refractivity contribution in [3.8, 4) is 0 Å². The SMILES string of the molecule is CNC(=O)C1Cc2cc([N+](=O)[O-])ccc2C1NC[C@H](N)C(C)C. The maximum atomic E-state index is 12.2. The van der Waals surface area contributed by atoms with Crippen LogP contribution in [0.25, 0.3) is 0 Å². The quantitative estimate of drug-likeness (QED) is 0.537. The first-order valence-electron chi connectivity index (χ1n) is 7.83. The summed E-state index contributed by atoms with van der Waals surface area (Å²) < 4.78 is 0. The fourth-order valence-electron chi connectivity index (χ4n) is 2.94. The topological polar surface area (TPSA) is 110 Å². The number of carbonyl (C=O) groups is 1. The number of nitro groups is 1. The Morgan fingerprint density at radius 3 is 2.74 bits per heavy atom. The Labute approximate surface area is 135 Å². The van der Waals surface area contributed by atoms with Gasteiger partial charge in [0.25, 0.3) is 5.69 Å². The molecule has 4 N–H and O–H groups in total. The third-order valence-electron chi connectivity index (χ3n) is 4.53. The lowest BCUT2D eigenvalue weighted by Crippen LogP contribution is -2.43. The molecule has 0 radical (unpaired) electrons. The van der Waals surface area contributed by atoms with E-state index >= 15 is 0 Å². The van der Waals surface area contributed by atoms with Crippen molar-refractivity contribution in [2.45, 2.75) is 32.4 Å². The summed E-state index contributed by atoms with van der Waals surface area (Å²) in [5.41, 5.74) is 7.93. The van der Waals surface area contributed by atoms with E-state index in [2.05, 4.69) is 24.5 Å². The first-order chi connectivity index (χ1) is 10.8. The van der Waals surface area contributed by atoms with E-state index in [1.54, 1.807) is 19.2 Å². The van der Waals surface area contributed by atoms with Crippen LogP contribution in [0, 0.1) is 22.0 Å². The molecule has 7 nitrogen and oxygen atoms in total. The number of nitrogens with zero attached hydrogens (tertiary/aromatic N) is 1. The lowest BCUT2D eigenvalue weighted by molar-refractivity contribution is -0.384. The number of fused-ring (bicyclic) bond motifs is 1. The highest BCUT2D eigenvalue weighted by Gasteiger charge is 2.37. The number of benzene rings is 1. The van der Waals surface area contributed by atoms with Crippen molar-refractivity contribution in [1.82, 2.24) is 10.6 Å². The molecule has 2 rings (SSSR count). The van der Waals surface area contributed by atoms with E-state index in [1.165, 1.54) is 6.07 Å². The highest BCUT2D eigenvalue weighted by molar-refractivity contribution is 5.81. The first kappa shape index (κ1) is 17.4. The number of rotatable bonds is 6. The smallest absolute Gasteiger partial charge is 0.269 e. The molecule has 1 aromatic rings. The molecule has 23 heavy (non-hydrogen) atoms. The average Bonchev–Trinajstić information content (AvgIpc) is 2.89. The number of hydrogen-bond acceptors (Lipinski definition) is 5. The summed E-state index contributed by atoms with van der Waals surface area (Å²) in [6.45, 7) is 4.69. The standard InChI is InChI=1S/C16H24N4O3/c1-9(2)14(17)8-19-15-12-5-4-11(20(22)23)6-10(12)7-13(15)16(21)18-3/h4-6,9,13-15,19H,7-8,17H2,1-3H3,(H,18,21)/t13?,14-,15?/m0/s1. The second kappa shape index (κ2) is 7.06. The summed E-state index contributed by atoms with van der Waals surface area (Å²) in [6.07, 6.45) is 0.491. The van der Waals surface area contributed by atoms with Gasteiger partial charge < -0.3 is 16.4 Å². The third kappa shape index (κ3) is 3.68. The van der Waals surface area contributed by atoms with Crippen molar-refractivity contribution in [3.05, 3.63) is 39.4 Å². The van der Waals surface area contributed by atoms with Crippen LogP contribution in [0.15, 0.2) is 18.2 Å². The summed E-state index contributed by atoms with van der Waals surface area (Å²) in [7, 11) is 1.60. The minimum atomic E-state index is -0.412. The maximum absolute atomic E-state index is 12.2. The van der Waals surface area contributed by atoms with Gasteiger partial charge >= 0.3 is 0 Å². The van der Waals surface area contributed by atoms with Crippen LogP contribution in [0.2, 0.25) is 0 Å². The molecular formula is C16H24N4O3. The van der Waals surface area contributed by atoms with E-state index in [1.807, 2.05) is 0 Å². The maximum Gasteiger partial charge on any atom is 0.269 e. The monoisotopic (exact) mass is 320 g/mol. The molecule has 0 bridgehead atoms. The molecular weight excluding hydrogens is 296 g/mol. The average molecular weight is 320 g/mol. The Balaban J connectivity index is 2.25. The summed E-state index contributed by atoms with van der Waals surface area (Å²) in [5.74, 6) is -0.0190. The fraction of sp³-hybridized carbons (Fsp3) is 0.562. The van der Waals surface area contributed by atoms with Gasteiger partial charge in [0, 0.05) is 37.8 Å². The molecule has 0 saturated heterocycles. The third-order valence-corrected chi connectivity index (χ3v) is 4.53. The van der Waals surface area contributed by atoms with Crippen LogP contribution in [-0.2, 0) is 11.2 Å². The molecule has 0 aromatic heterocycles. The molecule has 2 unspecified atom stereocenters. The van der Waals surface area contributed by atoms with Gasteiger partial charge in [0.2, 0.25) is 5.91 Å². The van der Waals surface area contributed by atoms with Crippen molar-refractivity contribution >= 4 is 11.6 Å². The van der Waals surface area contributed by atoms with E-state index in [0.717, 1.165) is 11.1 Å². The molecule has 0 saturated carbocycles. The van der Waals surface area contributed by atoms with Gasteiger partial charge in [-0.05, 0) is 23.5 Å². The van der Waals surface area contributed by atoms with Gasteiger partial charge in [0.05, 0.1) is 10.8 Å². The van der Waals surface area contributed by atoms with Gasteiger partial charge in [0.1, 0.15) is 0 Å². The predicted molar refractivity (Wildman–Crippen MR) is 87.9 cm³/mol. The molecule has 0 spiro atoms. The second-order valence-electron chi connectivity index (χ2n) is 6.36. The van der Waals surface area contributed by atoms with Crippen LogP contribution < -0.4 is 16.4 Å². The predicted octanol–water partition coefficient (Wildman–Crippen LogP) is 1.13. The molecule has 0 heterocycles. The zero-order valence-electron chi connectivity index (χ0n) is 13.7. The highest BCUT2D eigenvalue weighted by Crippen LogP contribution is 2.38. The Morgan fingerprint density at radius 1 is 1.48 bits per heavy atom. The number of non-ortho nitro benzene ring substituents is 1. The minimum Gasteiger partial charge on any atom is -0.359 e. The van der Waals surface area contributed by atoms with Crippen LogP contribution in [0.1, 0.15) is 31.0 Å². The van der Waals surface area contributed by atoms with Crippen molar-refractivity contribution in [2.75, 3.05) is 13.6 Å². The molecule has 1 aliphatic rings. The Morgan fingerprint density at radius 2 is 2.17 bits per heavy atom. The van der Waals surface area contributed by atoms with E-state index < -0.39 is 4.92 Å². The van der Waals surface area contributed by atoms with Crippen LogP contribution in [0.5, 0.6) is 0 Å². The van der Waals surface area contributed by atoms with Crippen LogP contribution in [0.3, 0.4) is 0 Å². The van der Waals surface area contributed by atoms with E-state index in [0.29, 0.717) is 18.9 Å². The molecule has 1 aromatic carbocycles. The number of nitro benzene ring substituents is 1. The molecule has 1 amide bonds. The number of nitrogens with one attached hydrogen (secondary N) is 2. The Kier molecular flexibility index (Phi) is 5.33. The van der Waals surface area contributed by atoms with Gasteiger partial charge in [-0.15, -0.1) is 0 Å². The molecule has 7 heteroatoms. The summed E-state index contributed by atoms with van der Waals surface area (Å²) in [5, 5.41) is 17.0. The first-order valence-corrected chi connectivity index (χ1v) is 7.83. The number of hydrogen-bond donors (Lipinski definition) is 3. The van der Waals surface area contributed by atoms with Gasteiger partial charge in [-0.3, -0.25) is 14.9 Å². The van der Waals surface area contributed by atoms with Crippen molar-refractivity contribution in [3.63, 3.8) is 0 Å². The van der Waals surface area contributed by atoms with Crippen LogP contribution in [-0.4, -0.2) is 30.5 Å². The molecule has 1 aliphatic carbocycles. The van der Waals surface area contributed by atoms with Gasteiger partial charge in [-0.25, -0.2) is 0 Å². The lowest BCUT2D eigenvalue weighted by atomic mass is 9.98. The summed E-state index contributed by atoms with van der Waals surface area (Å²) in [6, 6.07) is 4.62. The fourth-order valence-corrected chi connectivity index (χ4v) is 2.94. The van der Waals surface area contributed by atoms with Crippen LogP contribution >= 0.6 is 0 Å². The summed E-state index contributed by atoms with van der Waals surface area (Å²) in [4.78, 5) is 22.7. The van der Waals surface area contributed by atoms with E-state index in [9.17, 15) is 14.9 Å². The zero-order valence-corrected chi connectivity index (χ0v) is 13.7. The van der Waals surface area contributed by atoms with Gasteiger partial charge in [-0.2, -0.15) is 0 Å².